The molecule has 1 aromatic carbocycles. The normalized spacial score (nSPS) is 10.9. The molecule has 0 radical (unpaired) electrons. The van der Waals surface area contributed by atoms with Crippen LogP contribution in [-0.4, -0.2) is 4.98 Å². The van der Waals surface area contributed by atoms with E-state index in [1.165, 1.54) is 4.70 Å². The fourth-order valence-corrected chi connectivity index (χ4v) is 2.86. The van der Waals surface area contributed by atoms with E-state index in [4.69, 9.17) is 4.42 Å². The van der Waals surface area contributed by atoms with E-state index >= 15 is 0 Å². The zero-order chi connectivity index (χ0) is 11.8. The molecule has 0 aliphatic carbocycles. The Balaban J connectivity index is 2.20. The van der Waals surface area contributed by atoms with Gasteiger partial charge in [0.15, 0.2) is 0 Å². The first-order valence-corrected chi connectivity index (χ1v) is 6.31. The number of aromatic nitrogens is 1. The molecule has 84 valence electrons. The van der Waals surface area contributed by atoms with Crippen LogP contribution < -0.4 is 0 Å². The molecule has 0 spiro atoms. The number of rotatable bonds is 1. The van der Waals surface area contributed by atoms with Crippen LogP contribution in [0.15, 0.2) is 40.8 Å². The smallest absolute Gasteiger partial charge is 0.236 e. The van der Waals surface area contributed by atoms with E-state index in [1.807, 2.05) is 44.2 Å². The number of fused-ring (bicyclic) bond motifs is 1. The van der Waals surface area contributed by atoms with Crippen molar-refractivity contribution in [1.82, 2.24) is 4.98 Å². The largest absolute Gasteiger partial charge is 0.327 e. The number of para-hydroxylation sites is 1. The summed E-state index contributed by atoms with van der Waals surface area (Å²) in [6.07, 6.45) is 0. The molecule has 0 saturated heterocycles. The van der Waals surface area contributed by atoms with Gasteiger partial charge in [0, 0.05) is 17.7 Å². The molecule has 0 fully saturated rings. The second kappa shape index (κ2) is 3.93. The summed E-state index contributed by atoms with van der Waals surface area (Å²) >= 11 is 1.72. The summed E-state index contributed by atoms with van der Waals surface area (Å²) in [5, 5.41) is 1.05. The number of hydrogen-bond donors (Lipinski definition) is 0. The lowest BCUT2D eigenvalue weighted by Crippen LogP contribution is -1.81. The molecule has 3 heteroatoms. The van der Waals surface area contributed by atoms with Crippen LogP contribution in [0, 0.1) is 13.8 Å². The molecule has 0 aliphatic rings. The first-order chi connectivity index (χ1) is 8.22. The van der Waals surface area contributed by atoms with Crippen molar-refractivity contribution < 1.29 is 4.42 Å². The Kier molecular flexibility index (Phi) is 2.41. The lowest BCUT2D eigenvalue weighted by Gasteiger charge is -1.91. The third-order valence-corrected chi connectivity index (χ3v) is 3.67. The molecule has 17 heavy (non-hydrogen) atoms. The van der Waals surface area contributed by atoms with Gasteiger partial charge in [-0.2, -0.15) is 0 Å². The van der Waals surface area contributed by atoms with Gasteiger partial charge in [0.25, 0.3) is 0 Å². The van der Waals surface area contributed by atoms with Crippen molar-refractivity contribution in [3.8, 4) is 10.6 Å². The summed E-state index contributed by atoms with van der Waals surface area (Å²) in [6.45, 7) is 3.92. The highest BCUT2D eigenvalue weighted by Crippen LogP contribution is 2.30. The van der Waals surface area contributed by atoms with Gasteiger partial charge in [-0.05, 0) is 12.1 Å². The van der Waals surface area contributed by atoms with Gasteiger partial charge < -0.3 is 0 Å². The maximum Gasteiger partial charge on any atom is 0.327 e. The van der Waals surface area contributed by atoms with Gasteiger partial charge in [-0.3, -0.25) is 0 Å². The van der Waals surface area contributed by atoms with Gasteiger partial charge in [-0.1, -0.05) is 12.1 Å². The van der Waals surface area contributed by atoms with E-state index in [0.29, 0.717) is 0 Å². The highest BCUT2D eigenvalue weighted by molar-refractivity contribution is 7.21. The fourth-order valence-electron chi connectivity index (χ4n) is 1.91. The van der Waals surface area contributed by atoms with Crippen molar-refractivity contribution in [3.63, 3.8) is 0 Å². The molecule has 0 unspecified atom stereocenters. The van der Waals surface area contributed by atoms with E-state index in [0.717, 1.165) is 27.6 Å². The van der Waals surface area contributed by atoms with Crippen molar-refractivity contribution >= 4 is 21.6 Å². The van der Waals surface area contributed by atoms with Crippen LogP contribution in [-0.2, 0) is 0 Å². The van der Waals surface area contributed by atoms with Crippen LogP contribution in [0.2, 0.25) is 0 Å². The van der Waals surface area contributed by atoms with Gasteiger partial charge in [0.2, 0.25) is 0 Å². The van der Waals surface area contributed by atoms with Gasteiger partial charge in [0.1, 0.15) is 5.01 Å². The molecule has 0 amide bonds. The topological polar surface area (TPSA) is 24.2 Å². The van der Waals surface area contributed by atoms with Gasteiger partial charge in [-0.15, -0.1) is 11.3 Å². The molecule has 0 N–H and O–H groups in total. The van der Waals surface area contributed by atoms with E-state index in [-0.39, 0.29) is 0 Å². The van der Waals surface area contributed by atoms with Crippen LogP contribution in [0.25, 0.3) is 20.8 Å². The number of thiazole rings is 1. The monoisotopic (exact) mass is 242 g/mol. The molecule has 3 rings (SSSR count). The average Bonchev–Trinajstić information content (AvgIpc) is 2.71. The third kappa shape index (κ3) is 1.94. The lowest BCUT2D eigenvalue weighted by molar-refractivity contribution is 0.487. The van der Waals surface area contributed by atoms with Gasteiger partial charge in [-0.25, -0.2) is 9.40 Å². The first kappa shape index (κ1) is 10.4. The maximum absolute atomic E-state index is 5.49. The van der Waals surface area contributed by atoms with E-state index in [9.17, 15) is 0 Å². The van der Waals surface area contributed by atoms with Crippen molar-refractivity contribution in [2.45, 2.75) is 13.8 Å². The summed E-state index contributed by atoms with van der Waals surface area (Å²) in [7, 11) is 0. The SMILES string of the molecule is Cc1cc(-c2nc3ccccc3s2)cc(C)[o+]1. The lowest BCUT2D eigenvalue weighted by atomic mass is 10.2. The fraction of sp³-hybridized carbons (Fsp3) is 0.143. The van der Waals surface area contributed by atoms with E-state index in [2.05, 4.69) is 11.1 Å². The second-order valence-corrected chi connectivity index (χ2v) is 5.08. The summed E-state index contributed by atoms with van der Waals surface area (Å²) < 4.78 is 6.71. The van der Waals surface area contributed by atoms with E-state index < -0.39 is 0 Å². The van der Waals surface area contributed by atoms with Crippen LogP contribution in [0.3, 0.4) is 0 Å². The quantitative estimate of drug-likeness (QED) is 0.588. The number of benzene rings is 1. The summed E-state index contributed by atoms with van der Waals surface area (Å²) in [4.78, 5) is 4.64. The second-order valence-electron chi connectivity index (χ2n) is 4.05. The molecular formula is C14H12NOS+. The highest BCUT2D eigenvalue weighted by Gasteiger charge is 2.12. The average molecular weight is 242 g/mol. The van der Waals surface area contributed by atoms with Crippen LogP contribution in [0.1, 0.15) is 11.5 Å². The van der Waals surface area contributed by atoms with Gasteiger partial charge in [0.05, 0.1) is 24.1 Å². The Morgan fingerprint density at radius 2 is 1.76 bits per heavy atom. The minimum atomic E-state index is 0.916. The zero-order valence-electron chi connectivity index (χ0n) is 9.73. The summed E-state index contributed by atoms with van der Waals surface area (Å²) in [5.74, 6) is 1.83. The molecule has 0 bridgehead atoms. The number of aryl methyl sites for hydroxylation is 2. The minimum Gasteiger partial charge on any atom is -0.236 e. The molecule has 0 atom stereocenters. The Bertz CT molecular complexity index is 634. The minimum absolute atomic E-state index is 0.916. The Hall–Kier alpha value is -1.74. The zero-order valence-corrected chi connectivity index (χ0v) is 10.5. The summed E-state index contributed by atoms with van der Waals surface area (Å²) in [5.41, 5.74) is 2.19. The number of hydrogen-bond acceptors (Lipinski definition) is 2. The van der Waals surface area contributed by atoms with Crippen molar-refractivity contribution in [3.05, 3.63) is 47.9 Å². The van der Waals surface area contributed by atoms with Crippen molar-refractivity contribution in [2.24, 2.45) is 0 Å². The first-order valence-electron chi connectivity index (χ1n) is 5.50. The van der Waals surface area contributed by atoms with Crippen LogP contribution in [0.4, 0.5) is 0 Å². The predicted molar refractivity (Wildman–Crippen MR) is 71.2 cm³/mol. The molecule has 2 aromatic heterocycles. The number of nitrogens with zero attached hydrogens (tertiary/aromatic N) is 1. The van der Waals surface area contributed by atoms with Crippen LogP contribution in [0.5, 0.6) is 0 Å². The van der Waals surface area contributed by atoms with Crippen molar-refractivity contribution in [2.75, 3.05) is 0 Å². The molecular weight excluding hydrogens is 230 g/mol. The maximum atomic E-state index is 5.49. The van der Waals surface area contributed by atoms with Crippen molar-refractivity contribution in [1.29, 1.82) is 0 Å². The van der Waals surface area contributed by atoms with E-state index in [1.54, 1.807) is 11.3 Å². The summed E-state index contributed by atoms with van der Waals surface area (Å²) in [6, 6.07) is 12.3. The molecule has 3 aromatic rings. The van der Waals surface area contributed by atoms with Crippen LogP contribution >= 0.6 is 11.3 Å². The van der Waals surface area contributed by atoms with Gasteiger partial charge >= 0.3 is 11.5 Å². The Morgan fingerprint density at radius 3 is 2.47 bits per heavy atom. The molecule has 2 heterocycles. The molecule has 0 saturated carbocycles. The highest BCUT2D eigenvalue weighted by atomic mass is 32.1. The molecule has 2 nitrogen and oxygen atoms in total. The Morgan fingerprint density at radius 1 is 1.06 bits per heavy atom. The molecule has 0 aliphatic heterocycles. The predicted octanol–water partition coefficient (Wildman–Crippen LogP) is 4.45. The standard InChI is InChI=1S/C14H12NOS/c1-9-7-11(8-10(2)16-9)14-15-12-5-3-4-6-13(12)17-14/h3-8H,1-2H3/q+1. The third-order valence-electron chi connectivity index (χ3n) is 2.58. The Labute approximate surface area is 104 Å².